The lowest BCUT2D eigenvalue weighted by atomic mass is 9.99. The first-order valence-corrected chi connectivity index (χ1v) is 12.4. The van der Waals surface area contributed by atoms with Crippen molar-refractivity contribution in [1.29, 1.82) is 0 Å². The van der Waals surface area contributed by atoms with Crippen LogP contribution in [0.4, 0.5) is 4.79 Å². The summed E-state index contributed by atoms with van der Waals surface area (Å²) in [5.74, 6) is -1.58. The van der Waals surface area contributed by atoms with E-state index in [1.807, 2.05) is 33.8 Å². The number of aliphatic hydroxyl groups excluding tert-OH is 1. The molecule has 0 radical (unpaired) electrons. The van der Waals surface area contributed by atoms with Gasteiger partial charge in [-0.15, -0.1) is 0 Å². The molecule has 0 aromatic heterocycles. The molecule has 0 saturated heterocycles. The number of hydrogen-bond donors (Lipinski definition) is 5. The van der Waals surface area contributed by atoms with Crippen molar-refractivity contribution in [3.63, 3.8) is 0 Å². The number of carbonyl (C=O) groups excluding carboxylic acids is 2. The van der Waals surface area contributed by atoms with Gasteiger partial charge in [-0.3, -0.25) is 4.79 Å². The number of aliphatic carboxylic acids is 1. The van der Waals surface area contributed by atoms with E-state index in [1.54, 1.807) is 38.1 Å². The van der Waals surface area contributed by atoms with Gasteiger partial charge in [0.1, 0.15) is 12.1 Å². The predicted octanol–water partition coefficient (Wildman–Crippen LogP) is 2.23. The fourth-order valence-corrected chi connectivity index (χ4v) is 3.81. The smallest absolute Gasteiger partial charge is 0.326 e. The largest absolute Gasteiger partial charge is 0.480 e. The predicted molar refractivity (Wildman–Crippen MR) is 137 cm³/mol. The Bertz CT molecular complexity index is 800. The average molecular weight is 493 g/mol. The number of aliphatic hydroxyl groups is 1. The van der Waals surface area contributed by atoms with Gasteiger partial charge in [0, 0.05) is 25.6 Å². The topological polar surface area (TPSA) is 145 Å². The van der Waals surface area contributed by atoms with E-state index >= 15 is 0 Å². The quantitative estimate of drug-likeness (QED) is 0.269. The second-order valence-electron chi connectivity index (χ2n) is 10.4. The fraction of sp³-hybridized carbons (Fsp3) is 0.654. The second-order valence-corrected chi connectivity index (χ2v) is 10.4. The maximum atomic E-state index is 13.2. The van der Waals surface area contributed by atoms with Crippen molar-refractivity contribution in [3.8, 4) is 0 Å². The van der Waals surface area contributed by atoms with Crippen LogP contribution in [0.5, 0.6) is 0 Å². The number of carbonyl (C=O) groups is 3. The summed E-state index contributed by atoms with van der Waals surface area (Å²) in [5.41, 5.74) is 6.89. The molecule has 4 atom stereocenters. The summed E-state index contributed by atoms with van der Waals surface area (Å²) in [6, 6.07) is 5.97. The Balaban J connectivity index is 2.94. The summed E-state index contributed by atoms with van der Waals surface area (Å²) in [5, 5.41) is 25.5. The number of nitrogens with two attached hydrogens (primary N) is 1. The molecule has 1 unspecified atom stereocenters. The van der Waals surface area contributed by atoms with Gasteiger partial charge in [0.15, 0.2) is 0 Å². The third kappa shape index (κ3) is 11.1. The van der Waals surface area contributed by atoms with Crippen molar-refractivity contribution in [2.75, 3.05) is 13.1 Å². The lowest BCUT2D eigenvalue weighted by Gasteiger charge is -2.32. The van der Waals surface area contributed by atoms with Crippen molar-refractivity contribution in [2.45, 2.75) is 78.6 Å². The normalized spacial score (nSPS) is 14.9. The molecule has 9 nitrogen and oxygen atoms in total. The minimum atomic E-state index is -1.15. The molecule has 9 heteroatoms. The van der Waals surface area contributed by atoms with E-state index in [4.69, 9.17) is 5.73 Å². The van der Waals surface area contributed by atoms with E-state index in [0.29, 0.717) is 18.9 Å². The number of carboxylic acid groups (broad SMARTS) is 1. The zero-order chi connectivity index (χ0) is 26.7. The highest BCUT2D eigenvalue weighted by Crippen LogP contribution is 2.11. The Labute approximate surface area is 209 Å². The molecule has 0 fully saturated rings. The van der Waals surface area contributed by atoms with Crippen molar-refractivity contribution in [1.82, 2.24) is 15.5 Å². The van der Waals surface area contributed by atoms with Gasteiger partial charge in [0.25, 0.3) is 0 Å². The number of rotatable bonds is 14. The van der Waals surface area contributed by atoms with Gasteiger partial charge in [-0.2, -0.15) is 0 Å². The van der Waals surface area contributed by atoms with E-state index < -0.39 is 42.1 Å². The van der Waals surface area contributed by atoms with Crippen LogP contribution in [0.2, 0.25) is 0 Å². The molecule has 1 rings (SSSR count). The number of carboxylic acids is 1. The highest BCUT2D eigenvalue weighted by Gasteiger charge is 2.31. The van der Waals surface area contributed by atoms with Crippen LogP contribution >= 0.6 is 0 Å². The highest BCUT2D eigenvalue weighted by molar-refractivity contribution is 5.90. The molecule has 0 heterocycles. The molecule has 198 valence electrons. The van der Waals surface area contributed by atoms with Crippen molar-refractivity contribution < 1.29 is 24.6 Å². The van der Waals surface area contributed by atoms with E-state index in [9.17, 15) is 24.6 Å². The lowest BCUT2D eigenvalue weighted by Crippen LogP contribution is -2.58. The number of urea groups is 1. The van der Waals surface area contributed by atoms with Gasteiger partial charge in [-0.25, -0.2) is 9.59 Å². The summed E-state index contributed by atoms with van der Waals surface area (Å²) in [6.07, 6.45) is -0.163. The fourth-order valence-electron chi connectivity index (χ4n) is 3.81. The van der Waals surface area contributed by atoms with Crippen LogP contribution in [0.1, 0.15) is 53.5 Å². The molecule has 0 aliphatic rings. The van der Waals surface area contributed by atoms with Crippen LogP contribution in [0.3, 0.4) is 0 Å². The number of hydrogen-bond acceptors (Lipinski definition) is 5. The van der Waals surface area contributed by atoms with Crippen LogP contribution < -0.4 is 16.4 Å². The Morgan fingerprint density at radius 3 is 2.03 bits per heavy atom. The van der Waals surface area contributed by atoms with Crippen molar-refractivity contribution in [3.05, 3.63) is 35.9 Å². The Morgan fingerprint density at radius 1 is 0.943 bits per heavy atom. The summed E-state index contributed by atoms with van der Waals surface area (Å²) in [4.78, 5) is 39.5. The zero-order valence-electron chi connectivity index (χ0n) is 21.9. The van der Waals surface area contributed by atoms with Gasteiger partial charge < -0.3 is 31.5 Å². The SMILES string of the molecule is CC(C)C[C@H](N)C(O)CN(CC(C)C)C(=O)N[C@H](C(=O)N[C@@H](Cc1ccccc1)C(=O)O)C(C)C. The number of benzene rings is 1. The van der Waals surface area contributed by atoms with Crippen molar-refractivity contribution in [2.24, 2.45) is 23.5 Å². The van der Waals surface area contributed by atoms with Gasteiger partial charge in [0.05, 0.1) is 6.10 Å². The van der Waals surface area contributed by atoms with Crippen LogP contribution in [0.25, 0.3) is 0 Å². The molecule has 0 bridgehead atoms. The maximum Gasteiger partial charge on any atom is 0.326 e. The van der Waals surface area contributed by atoms with E-state index in [-0.39, 0.29) is 24.8 Å². The molecule has 6 N–H and O–H groups in total. The van der Waals surface area contributed by atoms with E-state index in [0.717, 1.165) is 5.56 Å². The molecule has 0 spiro atoms. The minimum absolute atomic E-state index is 0.0378. The lowest BCUT2D eigenvalue weighted by molar-refractivity contribution is -0.142. The molecule has 35 heavy (non-hydrogen) atoms. The summed E-state index contributed by atoms with van der Waals surface area (Å²) >= 11 is 0. The van der Waals surface area contributed by atoms with Crippen LogP contribution in [-0.4, -0.2) is 70.3 Å². The monoisotopic (exact) mass is 492 g/mol. The average Bonchev–Trinajstić information content (AvgIpc) is 2.75. The molecule has 0 saturated carbocycles. The Hall–Kier alpha value is -2.65. The first kappa shape index (κ1) is 30.4. The molecule has 1 aromatic carbocycles. The summed E-state index contributed by atoms with van der Waals surface area (Å²) in [7, 11) is 0. The minimum Gasteiger partial charge on any atom is -0.480 e. The molecule has 0 aliphatic heterocycles. The molecular weight excluding hydrogens is 448 g/mol. The van der Waals surface area contributed by atoms with Crippen LogP contribution in [0, 0.1) is 17.8 Å². The van der Waals surface area contributed by atoms with Gasteiger partial charge >= 0.3 is 12.0 Å². The molecule has 3 amide bonds. The third-order valence-electron chi connectivity index (χ3n) is 5.64. The van der Waals surface area contributed by atoms with Crippen LogP contribution in [0.15, 0.2) is 30.3 Å². The van der Waals surface area contributed by atoms with E-state index in [2.05, 4.69) is 10.6 Å². The number of amides is 3. The van der Waals surface area contributed by atoms with Gasteiger partial charge in [0.2, 0.25) is 5.91 Å². The van der Waals surface area contributed by atoms with Gasteiger partial charge in [-0.05, 0) is 29.7 Å². The number of nitrogens with zero attached hydrogens (tertiary/aromatic N) is 1. The summed E-state index contributed by atoms with van der Waals surface area (Å²) in [6.45, 7) is 11.9. The van der Waals surface area contributed by atoms with Gasteiger partial charge in [-0.1, -0.05) is 71.9 Å². The first-order chi connectivity index (χ1) is 16.3. The van der Waals surface area contributed by atoms with Crippen molar-refractivity contribution >= 4 is 17.9 Å². The van der Waals surface area contributed by atoms with Crippen LogP contribution in [-0.2, 0) is 16.0 Å². The molecule has 0 aliphatic carbocycles. The maximum absolute atomic E-state index is 13.2. The Morgan fingerprint density at radius 2 is 1.54 bits per heavy atom. The molecular formula is C26H44N4O5. The highest BCUT2D eigenvalue weighted by atomic mass is 16.4. The first-order valence-electron chi connectivity index (χ1n) is 12.4. The second kappa shape index (κ2) is 14.7. The summed E-state index contributed by atoms with van der Waals surface area (Å²) < 4.78 is 0. The standard InChI is InChI=1S/C26H44N4O5/c1-16(2)12-20(27)22(31)15-30(14-17(3)4)26(35)29-23(18(5)6)24(32)28-21(25(33)34)13-19-10-8-7-9-11-19/h7-11,16-18,20-23,31H,12-15,27H2,1-6H3,(H,28,32)(H,29,35)(H,33,34)/t20-,21-,22?,23-/m0/s1. The van der Waals surface area contributed by atoms with E-state index in [1.165, 1.54) is 4.90 Å². The zero-order valence-corrected chi connectivity index (χ0v) is 21.9. The number of nitrogens with one attached hydrogen (secondary N) is 2. The molecule has 1 aromatic rings. The Kier molecular flexibility index (Phi) is 12.7. The third-order valence-corrected chi connectivity index (χ3v) is 5.64.